The number of fused-ring (bicyclic) bond motifs is 14. The summed E-state index contributed by atoms with van der Waals surface area (Å²) in [5.41, 5.74) is 7.86. The molecule has 5 nitrogen and oxygen atoms in total. The van der Waals surface area contributed by atoms with Gasteiger partial charge < -0.3 is 8.98 Å². The van der Waals surface area contributed by atoms with Crippen LogP contribution < -0.4 is 0 Å². The summed E-state index contributed by atoms with van der Waals surface area (Å²) in [7, 11) is 0. The van der Waals surface area contributed by atoms with E-state index in [1.54, 1.807) is 0 Å². The molecule has 0 fully saturated rings. The van der Waals surface area contributed by atoms with Crippen LogP contribution >= 0.6 is 11.3 Å². The van der Waals surface area contributed by atoms with Gasteiger partial charge in [-0.25, -0.2) is 15.0 Å². The van der Waals surface area contributed by atoms with E-state index in [-0.39, 0.29) is 0 Å². The van der Waals surface area contributed by atoms with Crippen LogP contribution in [0, 0.1) is 0 Å². The molecule has 14 aromatic rings. The molecule has 6 heteroatoms. The summed E-state index contributed by atoms with van der Waals surface area (Å²) in [6.45, 7) is 0. The number of thiophene rings is 1. The lowest BCUT2D eigenvalue weighted by Crippen LogP contribution is -2.00. The maximum Gasteiger partial charge on any atom is 0.164 e. The van der Waals surface area contributed by atoms with Gasteiger partial charge in [-0.2, -0.15) is 0 Å². The van der Waals surface area contributed by atoms with Crippen LogP contribution in [0.25, 0.3) is 136 Å². The predicted octanol–water partition coefficient (Wildman–Crippen LogP) is 15.7. The number of hydrogen-bond donors (Lipinski definition) is 0. The lowest BCUT2D eigenvalue weighted by molar-refractivity contribution is 0.666. The number of hydrogen-bond acceptors (Lipinski definition) is 5. The molecule has 0 unspecified atom stereocenters. The summed E-state index contributed by atoms with van der Waals surface area (Å²) < 4.78 is 11.9. The second kappa shape index (κ2) is 13.2. The first-order valence-electron chi connectivity index (χ1n) is 21.2. The Morgan fingerprint density at radius 3 is 1.89 bits per heavy atom. The molecule has 292 valence electrons. The van der Waals surface area contributed by atoms with Gasteiger partial charge in [0.1, 0.15) is 5.58 Å². The normalized spacial score (nSPS) is 12.1. The molecule has 0 N–H and O–H groups in total. The van der Waals surface area contributed by atoms with E-state index in [0.717, 1.165) is 60.6 Å². The smallest absolute Gasteiger partial charge is 0.164 e. The fourth-order valence-electron chi connectivity index (χ4n) is 9.86. The Labute approximate surface area is 363 Å². The van der Waals surface area contributed by atoms with Crippen molar-refractivity contribution in [1.82, 2.24) is 19.5 Å². The van der Waals surface area contributed by atoms with Crippen LogP contribution in [0.2, 0.25) is 0 Å². The van der Waals surface area contributed by atoms with Crippen LogP contribution in [-0.4, -0.2) is 19.5 Å². The van der Waals surface area contributed by atoms with Gasteiger partial charge in [0.15, 0.2) is 23.1 Å². The number of furan rings is 1. The Bertz CT molecular complexity index is 4220. The Hall–Kier alpha value is -8.19. The molecule has 0 amide bonds. The zero-order valence-corrected chi connectivity index (χ0v) is 34.4. The van der Waals surface area contributed by atoms with Gasteiger partial charge in [-0.3, -0.25) is 0 Å². The average molecular weight is 821 g/mol. The van der Waals surface area contributed by atoms with Crippen LogP contribution in [-0.2, 0) is 0 Å². The van der Waals surface area contributed by atoms with Crippen LogP contribution in [0.4, 0.5) is 0 Å². The molecule has 0 saturated carbocycles. The van der Waals surface area contributed by atoms with Crippen molar-refractivity contribution in [2.45, 2.75) is 0 Å². The lowest BCUT2D eigenvalue weighted by Gasteiger charge is -2.11. The van der Waals surface area contributed by atoms with E-state index >= 15 is 0 Å². The van der Waals surface area contributed by atoms with Gasteiger partial charge in [0, 0.05) is 63.8 Å². The molecule has 0 aliphatic rings. The molecule has 0 atom stereocenters. The minimum atomic E-state index is 0.626. The van der Waals surface area contributed by atoms with Gasteiger partial charge in [0.05, 0.1) is 16.7 Å². The highest BCUT2D eigenvalue weighted by molar-refractivity contribution is 7.25. The lowest BCUT2D eigenvalue weighted by atomic mass is 10.0. The zero-order valence-electron chi connectivity index (χ0n) is 33.6. The summed E-state index contributed by atoms with van der Waals surface area (Å²) in [6.07, 6.45) is 0. The van der Waals surface area contributed by atoms with Gasteiger partial charge in [-0.1, -0.05) is 140 Å². The van der Waals surface area contributed by atoms with Crippen molar-refractivity contribution < 1.29 is 4.42 Å². The van der Waals surface area contributed by atoms with E-state index in [4.69, 9.17) is 19.4 Å². The molecule has 0 spiro atoms. The average Bonchev–Trinajstić information content (AvgIpc) is 4.03. The highest BCUT2D eigenvalue weighted by Crippen LogP contribution is 2.44. The molecule has 0 radical (unpaired) electrons. The molecule has 10 aromatic carbocycles. The number of nitrogens with zero attached hydrogens (tertiary/aromatic N) is 4. The molecule has 4 heterocycles. The fourth-order valence-corrected chi connectivity index (χ4v) is 10.9. The molecule has 63 heavy (non-hydrogen) atoms. The first kappa shape index (κ1) is 34.5. The fraction of sp³-hybridized carbons (Fsp3) is 0. The highest BCUT2D eigenvalue weighted by atomic mass is 32.1. The van der Waals surface area contributed by atoms with Crippen molar-refractivity contribution in [2.75, 3.05) is 0 Å². The van der Waals surface area contributed by atoms with Gasteiger partial charge in [0.25, 0.3) is 0 Å². The number of para-hydroxylation sites is 1. The number of benzene rings is 10. The summed E-state index contributed by atoms with van der Waals surface area (Å²) in [6, 6.07) is 69.1. The van der Waals surface area contributed by atoms with Crippen molar-refractivity contribution in [3.8, 4) is 39.9 Å². The van der Waals surface area contributed by atoms with E-state index in [1.807, 2.05) is 29.5 Å². The summed E-state index contributed by atoms with van der Waals surface area (Å²) in [4.78, 5) is 15.3. The minimum Gasteiger partial charge on any atom is -0.454 e. The summed E-state index contributed by atoms with van der Waals surface area (Å²) in [5.74, 6) is 1.91. The molecule has 0 aliphatic carbocycles. The van der Waals surface area contributed by atoms with Crippen molar-refractivity contribution in [1.29, 1.82) is 0 Å². The number of rotatable bonds is 4. The molecule has 14 rings (SSSR count). The van der Waals surface area contributed by atoms with Gasteiger partial charge in [0.2, 0.25) is 0 Å². The molecule has 0 saturated heterocycles. The van der Waals surface area contributed by atoms with Crippen molar-refractivity contribution >= 4 is 108 Å². The van der Waals surface area contributed by atoms with E-state index in [2.05, 4.69) is 180 Å². The maximum atomic E-state index is 6.96. The van der Waals surface area contributed by atoms with Gasteiger partial charge in [-0.15, -0.1) is 11.3 Å². The summed E-state index contributed by atoms with van der Waals surface area (Å²) >= 11 is 1.81. The second-order valence-corrected chi connectivity index (χ2v) is 17.4. The SMILES string of the molecule is c1ccc(-c2nc(-c3ccc4c(ccc5oc6c(-n7c8cc9ccccc9cc8c8ccc9ccccc9c87)cccc6c54)c3)nc(-c3ccc4sc5ccccc5c4c3)n2)cc1. The van der Waals surface area contributed by atoms with Crippen molar-refractivity contribution in [3.05, 3.63) is 194 Å². The molecule has 0 bridgehead atoms. The zero-order chi connectivity index (χ0) is 41.2. The predicted molar refractivity (Wildman–Crippen MR) is 263 cm³/mol. The van der Waals surface area contributed by atoms with Crippen LogP contribution in [0.1, 0.15) is 0 Å². The van der Waals surface area contributed by atoms with E-state index in [1.165, 1.54) is 58.0 Å². The topological polar surface area (TPSA) is 56.7 Å². The van der Waals surface area contributed by atoms with Gasteiger partial charge in [-0.05, 0) is 81.5 Å². The third-order valence-electron chi connectivity index (χ3n) is 12.8. The molecular formula is C57H32N4OS. The molecule has 4 aromatic heterocycles. The Morgan fingerprint density at radius 2 is 1.03 bits per heavy atom. The monoisotopic (exact) mass is 820 g/mol. The highest BCUT2D eigenvalue weighted by Gasteiger charge is 2.22. The first-order chi connectivity index (χ1) is 31.2. The molecular weight excluding hydrogens is 789 g/mol. The standard InChI is InChI=1S/C57H32N4OS/c1-2-12-34(13-3-1)55-58-56(60-57(59-55)39-24-28-51-46(31-39)42-17-8-9-20-50(42)63-51)38-22-25-40-37(29-38)23-27-49-52(40)44-18-10-19-47(54(44)62-49)61-48-32-36-15-5-4-14-35(36)30-45(48)43-26-21-33-11-6-7-16-41(33)53(43)61/h1-32H. The Morgan fingerprint density at radius 1 is 0.381 bits per heavy atom. The quantitative estimate of drug-likeness (QED) is 0.177. The minimum absolute atomic E-state index is 0.626. The van der Waals surface area contributed by atoms with Crippen molar-refractivity contribution in [2.24, 2.45) is 0 Å². The molecule has 0 aliphatic heterocycles. The van der Waals surface area contributed by atoms with Crippen LogP contribution in [0.3, 0.4) is 0 Å². The number of aromatic nitrogens is 4. The maximum absolute atomic E-state index is 6.96. The van der Waals surface area contributed by atoms with E-state index < -0.39 is 0 Å². The first-order valence-corrected chi connectivity index (χ1v) is 22.0. The van der Waals surface area contributed by atoms with E-state index in [0.29, 0.717) is 17.5 Å². The summed E-state index contributed by atoms with van der Waals surface area (Å²) in [5, 5.41) is 14.1. The van der Waals surface area contributed by atoms with Gasteiger partial charge >= 0.3 is 0 Å². The van der Waals surface area contributed by atoms with Crippen LogP contribution in [0.5, 0.6) is 0 Å². The van der Waals surface area contributed by atoms with Crippen LogP contribution in [0.15, 0.2) is 199 Å². The van der Waals surface area contributed by atoms with E-state index in [9.17, 15) is 0 Å². The third-order valence-corrected chi connectivity index (χ3v) is 13.9. The second-order valence-electron chi connectivity index (χ2n) is 16.3. The largest absolute Gasteiger partial charge is 0.454 e. The van der Waals surface area contributed by atoms with Crippen molar-refractivity contribution in [3.63, 3.8) is 0 Å². The third kappa shape index (κ3) is 5.19. The Balaban J connectivity index is 0.962. The Kier molecular flexibility index (Phi) is 7.21.